The summed E-state index contributed by atoms with van der Waals surface area (Å²) < 4.78 is 96.5. The Morgan fingerprint density at radius 2 is 1.54 bits per heavy atom. The summed E-state index contributed by atoms with van der Waals surface area (Å²) in [6, 6.07) is 6.88. The molecule has 0 unspecified atom stereocenters. The number of fused-ring (bicyclic) bond motifs is 1. The van der Waals surface area contributed by atoms with Crippen LogP contribution >= 0.6 is 0 Å². The van der Waals surface area contributed by atoms with Gasteiger partial charge in [0.2, 0.25) is 0 Å². The second-order valence-electron chi connectivity index (χ2n) is 6.94. The average molecular weight is 591 g/mol. The molecule has 0 heterocycles. The van der Waals surface area contributed by atoms with Crippen LogP contribution in [0.1, 0.15) is 0 Å². The fraction of sp³-hybridized carbons (Fsp3) is 0.158. The third kappa shape index (κ3) is 7.71. The van der Waals surface area contributed by atoms with E-state index in [-0.39, 0.29) is 86.2 Å². The number of methoxy groups -OCH3 is 1. The van der Waals surface area contributed by atoms with E-state index in [0.29, 0.717) is 6.07 Å². The molecule has 0 aliphatic heterocycles. The number of sulfone groups is 1. The van der Waals surface area contributed by atoms with E-state index in [2.05, 4.69) is 10.2 Å². The van der Waals surface area contributed by atoms with E-state index in [1.807, 2.05) is 0 Å². The zero-order valence-corrected chi connectivity index (χ0v) is 26.1. The molecule has 0 aliphatic rings. The van der Waals surface area contributed by atoms with Crippen LogP contribution in [-0.2, 0) is 30.1 Å². The van der Waals surface area contributed by atoms with Gasteiger partial charge in [-0.3, -0.25) is 4.55 Å². The predicted molar refractivity (Wildman–Crippen MR) is 117 cm³/mol. The minimum absolute atomic E-state index is 0. The second kappa shape index (κ2) is 12.8. The van der Waals surface area contributed by atoms with E-state index in [9.17, 15) is 39.5 Å². The van der Waals surface area contributed by atoms with Crippen LogP contribution in [0, 0.1) is 0 Å². The van der Waals surface area contributed by atoms with Gasteiger partial charge in [-0.15, -0.1) is 5.11 Å². The molecule has 13 nitrogen and oxygen atoms in total. The molecule has 0 radical (unpaired) electrons. The Bertz CT molecular complexity index is 1680. The SMILES string of the molecule is COc1ccc(S(=O)(=O)CCO)cc1N=Nc1c([O-])c(S(=O)(=O)O)cc2cc(S(=O)(=O)[O-])ccc12.[Na+].[Na+]. The van der Waals surface area contributed by atoms with Gasteiger partial charge in [-0.05, 0) is 41.8 Å². The minimum Gasteiger partial charge on any atom is -0.870 e. The van der Waals surface area contributed by atoms with Crippen molar-refractivity contribution in [1.29, 1.82) is 0 Å². The molecule has 18 heteroatoms. The number of hydrogen-bond acceptors (Lipinski definition) is 12. The van der Waals surface area contributed by atoms with Crippen LogP contribution in [0.25, 0.3) is 10.8 Å². The molecule has 0 amide bonds. The Balaban J connectivity index is 0.00000342. The molecule has 0 aromatic heterocycles. The molecule has 37 heavy (non-hydrogen) atoms. The Labute approximate surface area is 256 Å². The minimum atomic E-state index is -5.09. The van der Waals surface area contributed by atoms with Gasteiger partial charge in [-0.2, -0.15) is 13.5 Å². The molecule has 0 bridgehead atoms. The summed E-state index contributed by atoms with van der Waals surface area (Å²) in [5.74, 6) is -1.84. The Kier molecular flexibility index (Phi) is 11.7. The van der Waals surface area contributed by atoms with Crippen molar-refractivity contribution >= 4 is 52.2 Å². The van der Waals surface area contributed by atoms with Gasteiger partial charge in [0.1, 0.15) is 21.6 Å². The number of nitrogens with zero attached hydrogens (tertiary/aromatic N) is 2. The number of rotatable bonds is 8. The summed E-state index contributed by atoms with van der Waals surface area (Å²) in [6.45, 7) is -0.639. The maximum absolute atomic E-state index is 12.8. The predicted octanol–water partition coefficient (Wildman–Crippen LogP) is -4.74. The Morgan fingerprint density at radius 3 is 2.08 bits per heavy atom. The topological polar surface area (TPSA) is 223 Å². The average Bonchev–Trinajstić information content (AvgIpc) is 2.76. The van der Waals surface area contributed by atoms with E-state index in [4.69, 9.17) is 9.84 Å². The normalized spacial score (nSPS) is 12.2. The third-order valence-corrected chi connectivity index (χ3v) is 8.08. The fourth-order valence-corrected chi connectivity index (χ4v) is 5.21. The zero-order valence-electron chi connectivity index (χ0n) is 19.6. The van der Waals surface area contributed by atoms with Crippen molar-refractivity contribution in [2.24, 2.45) is 10.2 Å². The van der Waals surface area contributed by atoms with Crippen molar-refractivity contribution in [1.82, 2.24) is 0 Å². The summed E-state index contributed by atoms with van der Waals surface area (Å²) in [6.07, 6.45) is 0. The summed E-state index contributed by atoms with van der Waals surface area (Å²) in [5.41, 5.74) is -0.828. The van der Waals surface area contributed by atoms with Gasteiger partial charge < -0.3 is 19.5 Å². The molecular formula is C19H16N2Na2O11S3. The molecule has 0 atom stereocenters. The fourth-order valence-electron chi connectivity index (χ4n) is 3.05. The van der Waals surface area contributed by atoms with Crippen LogP contribution in [0.2, 0.25) is 0 Å². The van der Waals surface area contributed by atoms with Crippen molar-refractivity contribution in [3.8, 4) is 11.5 Å². The van der Waals surface area contributed by atoms with Gasteiger partial charge in [0.25, 0.3) is 10.1 Å². The largest absolute Gasteiger partial charge is 1.00 e. The summed E-state index contributed by atoms with van der Waals surface area (Å²) in [4.78, 5) is -2.12. The first-order valence-electron chi connectivity index (χ1n) is 9.33. The smallest absolute Gasteiger partial charge is 0.870 e. The van der Waals surface area contributed by atoms with E-state index in [0.717, 1.165) is 24.3 Å². The summed E-state index contributed by atoms with van der Waals surface area (Å²) >= 11 is 0. The first-order chi connectivity index (χ1) is 16.2. The maximum atomic E-state index is 12.8. The summed E-state index contributed by atoms with van der Waals surface area (Å²) in [5, 5.41) is 28.9. The van der Waals surface area contributed by atoms with Gasteiger partial charge in [-0.25, -0.2) is 16.8 Å². The van der Waals surface area contributed by atoms with Gasteiger partial charge in [-0.1, -0.05) is 11.8 Å². The van der Waals surface area contributed by atoms with Crippen molar-refractivity contribution in [3.05, 3.63) is 42.5 Å². The number of benzene rings is 3. The first-order valence-corrected chi connectivity index (χ1v) is 13.8. The van der Waals surface area contributed by atoms with Gasteiger partial charge >= 0.3 is 59.1 Å². The van der Waals surface area contributed by atoms with Crippen molar-refractivity contribution < 1.29 is 108 Å². The molecule has 188 valence electrons. The molecule has 0 aliphatic carbocycles. The standard InChI is InChI=1S/C19H18N2O11S3.2Na/c1-32-16-5-3-12(33(24,25)7-6-22)10-15(16)20-21-18-14-4-2-13(34(26,27)28)8-11(14)9-17(19(18)23)35(29,30)31;;/h2-5,8-10,22-23H,6-7H2,1H3,(H,26,27,28)(H,29,30,31);;/q;2*+1/p-2. The number of ether oxygens (including phenoxy) is 1. The first kappa shape index (κ1) is 33.9. The van der Waals surface area contributed by atoms with E-state index >= 15 is 0 Å². The van der Waals surface area contributed by atoms with Crippen LogP contribution in [0.15, 0.2) is 67.4 Å². The Hall–Kier alpha value is -1.15. The van der Waals surface area contributed by atoms with Gasteiger partial charge in [0.15, 0.2) is 9.84 Å². The van der Waals surface area contributed by atoms with Gasteiger partial charge in [0, 0.05) is 5.39 Å². The molecular weight excluding hydrogens is 574 g/mol. The number of azo groups is 1. The second-order valence-corrected chi connectivity index (χ2v) is 11.8. The number of hydrogen-bond donors (Lipinski definition) is 2. The molecule has 0 saturated carbocycles. The van der Waals surface area contributed by atoms with Crippen LogP contribution in [-0.4, -0.2) is 58.9 Å². The van der Waals surface area contributed by atoms with E-state index in [1.54, 1.807) is 0 Å². The monoisotopic (exact) mass is 590 g/mol. The number of aliphatic hydroxyl groups is 1. The number of aliphatic hydroxyl groups excluding tert-OH is 1. The molecule has 0 saturated heterocycles. The van der Waals surface area contributed by atoms with Gasteiger partial charge in [0.05, 0.1) is 39.8 Å². The van der Waals surface area contributed by atoms with Crippen LogP contribution < -0.4 is 69.0 Å². The van der Waals surface area contributed by atoms with Crippen molar-refractivity contribution in [2.75, 3.05) is 19.5 Å². The van der Waals surface area contributed by atoms with E-state index in [1.165, 1.54) is 19.2 Å². The molecule has 3 rings (SSSR count). The quantitative estimate of drug-likeness (QED) is 0.144. The van der Waals surface area contributed by atoms with Crippen LogP contribution in [0.4, 0.5) is 11.4 Å². The van der Waals surface area contributed by atoms with Crippen molar-refractivity contribution in [2.45, 2.75) is 14.7 Å². The zero-order chi connectivity index (χ0) is 26.2. The summed E-state index contributed by atoms with van der Waals surface area (Å²) in [7, 11) is -12.7. The molecule has 3 aromatic rings. The molecule has 2 N–H and O–H groups in total. The van der Waals surface area contributed by atoms with Crippen molar-refractivity contribution in [3.63, 3.8) is 0 Å². The Morgan fingerprint density at radius 1 is 0.919 bits per heavy atom. The van der Waals surface area contributed by atoms with Crippen LogP contribution in [0.3, 0.4) is 0 Å². The molecule has 3 aromatic carbocycles. The maximum Gasteiger partial charge on any atom is 1.00 e. The third-order valence-electron chi connectivity index (χ3n) is 4.70. The van der Waals surface area contributed by atoms with Crippen LogP contribution in [0.5, 0.6) is 11.5 Å². The van der Waals surface area contributed by atoms with E-state index < -0.39 is 63.7 Å². The molecule has 0 fully saturated rings. The molecule has 0 spiro atoms.